The van der Waals surface area contributed by atoms with Crippen molar-refractivity contribution in [3.63, 3.8) is 0 Å². The molecule has 0 saturated heterocycles. The van der Waals surface area contributed by atoms with Gasteiger partial charge in [0.2, 0.25) is 6.29 Å². The van der Waals surface area contributed by atoms with Crippen LogP contribution in [0, 0.1) is 5.92 Å². The fourth-order valence-electron chi connectivity index (χ4n) is 4.40. The average Bonchev–Trinajstić information content (AvgIpc) is 2.83. The summed E-state index contributed by atoms with van der Waals surface area (Å²) in [4.78, 5) is 12.7. The van der Waals surface area contributed by atoms with Gasteiger partial charge in [0.15, 0.2) is 0 Å². The maximum Gasteiger partial charge on any atom is 0.311 e. The first kappa shape index (κ1) is 28.9. The molecule has 194 valence electrons. The van der Waals surface area contributed by atoms with Crippen LogP contribution in [0.25, 0.3) is 0 Å². The summed E-state index contributed by atoms with van der Waals surface area (Å²) in [5.74, 6) is 0.464. The summed E-state index contributed by atoms with van der Waals surface area (Å²) in [6, 6.07) is 18.6. The van der Waals surface area contributed by atoms with E-state index in [0.29, 0.717) is 0 Å². The van der Waals surface area contributed by atoms with Crippen molar-refractivity contribution in [1.29, 1.82) is 0 Å². The number of unbranched alkanes of at least 4 members (excludes halogenated alkanes) is 6. The number of quaternary nitrogens is 1. The Morgan fingerprint density at radius 1 is 0.857 bits per heavy atom. The minimum Gasteiger partial charge on any atom is -0.455 e. The number of hydrogen-bond donors (Lipinski definition) is 0. The lowest BCUT2D eigenvalue weighted by atomic mass is 10.0. The lowest BCUT2D eigenvalue weighted by Gasteiger charge is -2.31. The van der Waals surface area contributed by atoms with Crippen LogP contribution in [0.15, 0.2) is 54.6 Å². The molecule has 4 nitrogen and oxygen atoms in total. The predicted molar refractivity (Wildman–Crippen MR) is 145 cm³/mol. The number of carbonyl (C=O) groups is 1. The Hall–Kier alpha value is -2.33. The van der Waals surface area contributed by atoms with Crippen LogP contribution in [0.5, 0.6) is 5.75 Å². The van der Waals surface area contributed by atoms with Crippen LogP contribution in [0.2, 0.25) is 0 Å². The minimum atomic E-state index is -0.605. The van der Waals surface area contributed by atoms with Gasteiger partial charge in [-0.2, -0.15) is 0 Å². The molecule has 2 atom stereocenters. The quantitative estimate of drug-likeness (QED) is 0.101. The molecule has 0 aromatic heterocycles. The van der Waals surface area contributed by atoms with Crippen molar-refractivity contribution in [2.45, 2.75) is 91.4 Å². The molecule has 35 heavy (non-hydrogen) atoms. The molecule has 2 aromatic rings. The Morgan fingerprint density at radius 3 is 2.20 bits per heavy atom. The molecule has 0 aliphatic rings. The molecule has 0 spiro atoms. The van der Waals surface area contributed by atoms with Crippen molar-refractivity contribution in [1.82, 2.24) is 0 Å². The molecule has 0 heterocycles. The van der Waals surface area contributed by atoms with E-state index in [1.807, 2.05) is 32.0 Å². The van der Waals surface area contributed by atoms with Crippen LogP contribution in [-0.2, 0) is 22.5 Å². The lowest BCUT2D eigenvalue weighted by molar-refractivity contribution is -0.904. The van der Waals surface area contributed by atoms with Crippen molar-refractivity contribution < 1.29 is 18.8 Å². The molecule has 2 rings (SSSR count). The van der Waals surface area contributed by atoms with Gasteiger partial charge in [-0.25, -0.2) is 0 Å². The van der Waals surface area contributed by atoms with Crippen LogP contribution < -0.4 is 4.74 Å². The number of benzene rings is 2. The van der Waals surface area contributed by atoms with E-state index in [1.165, 1.54) is 49.7 Å². The monoisotopic (exact) mass is 482 g/mol. The molecule has 0 saturated carbocycles. The van der Waals surface area contributed by atoms with E-state index >= 15 is 0 Å². The summed E-state index contributed by atoms with van der Waals surface area (Å²) in [5, 5.41) is 0. The SMILES string of the molecule is CCCCCCCCCc1ccccc1OC(C)OC(=O)C(C)CC[N+](C)(C)Cc1ccccc1. The molecule has 0 aliphatic heterocycles. The summed E-state index contributed by atoms with van der Waals surface area (Å²) in [6.07, 6.45) is 10.2. The number of rotatable bonds is 17. The van der Waals surface area contributed by atoms with Gasteiger partial charge in [-0.05, 0) is 24.5 Å². The molecule has 0 bridgehead atoms. The van der Waals surface area contributed by atoms with Crippen LogP contribution in [0.1, 0.15) is 83.3 Å². The summed E-state index contributed by atoms with van der Waals surface area (Å²) in [5.41, 5.74) is 2.50. The minimum absolute atomic E-state index is 0.169. The van der Waals surface area contributed by atoms with Crippen LogP contribution in [0.3, 0.4) is 0 Å². The van der Waals surface area contributed by atoms with Gasteiger partial charge in [-0.1, -0.05) is 101 Å². The molecule has 0 aliphatic carbocycles. The van der Waals surface area contributed by atoms with Gasteiger partial charge in [-0.3, -0.25) is 4.79 Å². The van der Waals surface area contributed by atoms with Crippen molar-refractivity contribution in [3.8, 4) is 5.75 Å². The number of aryl methyl sites for hydroxylation is 1. The smallest absolute Gasteiger partial charge is 0.311 e. The highest BCUT2D eigenvalue weighted by Crippen LogP contribution is 2.23. The van der Waals surface area contributed by atoms with E-state index in [4.69, 9.17) is 9.47 Å². The first-order valence-electron chi connectivity index (χ1n) is 13.6. The Labute approximate surface area is 214 Å². The van der Waals surface area contributed by atoms with Gasteiger partial charge in [0, 0.05) is 18.9 Å². The third-order valence-corrected chi connectivity index (χ3v) is 6.62. The fourth-order valence-corrected chi connectivity index (χ4v) is 4.40. The zero-order chi connectivity index (χ0) is 25.5. The van der Waals surface area contributed by atoms with Crippen LogP contribution in [-0.4, -0.2) is 37.4 Å². The second-order valence-corrected chi connectivity index (χ2v) is 10.6. The third kappa shape index (κ3) is 11.8. The van der Waals surface area contributed by atoms with Crippen molar-refractivity contribution in [3.05, 3.63) is 65.7 Å². The van der Waals surface area contributed by atoms with Gasteiger partial charge in [0.05, 0.1) is 26.6 Å². The van der Waals surface area contributed by atoms with E-state index in [-0.39, 0.29) is 11.9 Å². The van der Waals surface area contributed by atoms with E-state index in [9.17, 15) is 4.79 Å². The predicted octanol–water partition coefficient (Wildman–Crippen LogP) is 7.55. The molecule has 0 amide bonds. The number of carbonyl (C=O) groups excluding carboxylic acids is 1. The summed E-state index contributed by atoms with van der Waals surface area (Å²) >= 11 is 0. The Balaban J connectivity index is 1.75. The average molecular weight is 483 g/mol. The van der Waals surface area contributed by atoms with Gasteiger partial charge in [0.25, 0.3) is 0 Å². The number of nitrogens with zero attached hydrogens (tertiary/aromatic N) is 1. The zero-order valence-corrected chi connectivity index (χ0v) is 22.8. The largest absolute Gasteiger partial charge is 0.455 e. The number of ether oxygens (including phenoxy) is 2. The molecule has 4 heteroatoms. The normalized spacial score (nSPS) is 13.3. The Bertz CT molecular complexity index is 849. The maximum atomic E-state index is 12.7. The van der Waals surface area contributed by atoms with E-state index in [1.54, 1.807) is 0 Å². The van der Waals surface area contributed by atoms with Gasteiger partial charge >= 0.3 is 5.97 Å². The first-order chi connectivity index (χ1) is 16.8. The van der Waals surface area contributed by atoms with Crippen LogP contribution >= 0.6 is 0 Å². The van der Waals surface area contributed by atoms with Crippen molar-refractivity contribution in [2.75, 3.05) is 20.6 Å². The van der Waals surface area contributed by atoms with Crippen molar-refractivity contribution in [2.24, 2.45) is 5.92 Å². The third-order valence-electron chi connectivity index (χ3n) is 6.62. The van der Waals surface area contributed by atoms with Gasteiger partial charge in [-0.15, -0.1) is 0 Å². The van der Waals surface area contributed by atoms with Crippen molar-refractivity contribution >= 4 is 5.97 Å². The Morgan fingerprint density at radius 2 is 1.49 bits per heavy atom. The van der Waals surface area contributed by atoms with Gasteiger partial charge < -0.3 is 14.0 Å². The molecular formula is C31H48NO3+. The zero-order valence-electron chi connectivity index (χ0n) is 22.8. The highest BCUT2D eigenvalue weighted by atomic mass is 16.7. The standard InChI is InChI=1S/C31H48NO3/c1-6-7-8-9-10-11-15-20-29-21-16-17-22-30(29)34-27(3)35-31(33)26(2)23-24-32(4,5)25-28-18-13-12-14-19-28/h12-14,16-19,21-22,26-27H,6-11,15,20,23-25H2,1-5H3/q+1. The second-order valence-electron chi connectivity index (χ2n) is 10.6. The van der Waals surface area contributed by atoms with Crippen LogP contribution in [0.4, 0.5) is 0 Å². The summed E-state index contributed by atoms with van der Waals surface area (Å²) in [7, 11) is 4.41. The molecule has 0 N–H and O–H groups in total. The highest BCUT2D eigenvalue weighted by molar-refractivity contribution is 5.72. The van der Waals surface area contributed by atoms with E-state index < -0.39 is 6.29 Å². The first-order valence-corrected chi connectivity index (χ1v) is 13.6. The summed E-state index contributed by atoms with van der Waals surface area (Å²) in [6.45, 7) is 7.86. The highest BCUT2D eigenvalue weighted by Gasteiger charge is 2.23. The molecule has 2 aromatic carbocycles. The second kappa shape index (κ2) is 15.6. The number of esters is 1. The lowest BCUT2D eigenvalue weighted by Crippen LogP contribution is -2.41. The van der Waals surface area contributed by atoms with Gasteiger partial charge in [0.1, 0.15) is 12.3 Å². The molecular weight excluding hydrogens is 434 g/mol. The topological polar surface area (TPSA) is 35.5 Å². The Kier molecular flexibility index (Phi) is 12.9. The summed E-state index contributed by atoms with van der Waals surface area (Å²) < 4.78 is 12.6. The van der Waals surface area contributed by atoms with E-state index in [2.05, 4.69) is 57.4 Å². The number of hydrogen-bond acceptors (Lipinski definition) is 3. The molecule has 2 unspecified atom stereocenters. The molecule has 0 radical (unpaired) electrons. The number of para-hydroxylation sites is 1. The fraction of sp³-hybridized carbons (Fsp3) is 0.581. The molecule has 0 fully saturated rings. The maximum absolute atomic E-state index is 12.7. The van der Waals surface area contributed by atoms with E-state index in [0.717, 1.165) is 42.6 Å².